The summed E-state index contributed by atoms with van der Waals surface area (Å²) in [6.07, 6.45) is -3.69. The molecule has 78 valence electrons. The molecule has 0 radical (unpaired) electrons. The minimum atomic E-state index is -4.28. The minimum Gasteiger partial charge on any atom is -0.241 e. The highest BCUT2D eigenvalue weighted by molar-refractivity contribution is 6.30. The van der Waals surface area contributed by atoms with E-state index in [1.807, 2.05) is 0 Å². The molecule has 0 aromatic carbocycles. The van der Waals surface area contributed by atoms with Crippen molar-refractivity contribution in [2.24, 2.45) is 0 Å². The lowest BCUT2D eigenvalue weighted by Gasteiger charge is -2.07. The van der Waals surface area contributed by atoms with Crippen LogP contribution in [0, 0.1) is 0 Å². The lowest BCUT2D eigenvalue weighted by atomic mass is 10.2. The first kappa shape index (κ1) is 11.2. The van der Waals surface area contributed by atoms with E-state index in [2.05, 4.69) is 9.97 Å². The van der Waals surface area contributed by atoms with Crippen molar-refractivity contribution in [1.82, 2.24) is 9.97 Å². The molecule has 2 nitrogen and oxygen atoms in total. The molecule has 14 heavy (non-hydrogen) atoms. The molecule has 6 heteroatoms. The zero-order valence-electron chi connectivity index (χ0n) is 7.40. The largest absolute Gasteiger partial charge is 0.393 e. The summed E-state index contributed by atoms with van der Waals surface area (Å²) < 4.78 is 36.0. The standard InChI is InChI=1S/C8H8ClF3N2/c1-2-6-13-4-5(7(9)14-6)3-8(10,11)12/h4H,2-3H2,1H3. The SMILES string of the molecule is CCc1ncc(CC(F)(F)F)c(Cl)n1. The van der Waals surface area contributed by atoms with E-state index in [1.54, 1.807) is 6.92 Å². The Morgan fingerprint density at radius 1 is 1.43 bits per heavy atom. The van der Waals surface area contributed by atoms with Gasteiger partial charge in [-0.3, -0.25) is 0 Å². The highest BCUT2D eigenvalue weighted by atomic mass is 35.5. The molecule has 0 unspecified atom stereocenters. The van der Waals surface area contributed by atoms with Crippen LogP contribution in [-0.4, -0.2) is 16.1 Å². The fourth-order valence-electron chi connectivity index (χ4n) is 0.925. The Morgan fingerprint density at radius 2 is 2.07 bits per heavy atom. The minimum absolute atomic E-state index is 0.0867. The Balaban J connectivity index is 2.89. The summed E-state index contributed by atoms with van der Waals surface area (Å²) in [5.74, 6) is 0.445. The summed E-state index contributed by atoms with van der Waals surface area (Å²) >= 11 is 5.56. The molecule has 0 aliphatic heterocycles. The molecule has 1 rings (SSSR count). The van der Waals surface area contributed by atoms with Gasteiger partial charge in [0, 0.05) is 18.2 Å². The molecular formula is C8H8ClF3N2. The van der Waals surface area contributed by atoms with Gasteiger partial charge >= 0.3 is 6.18 Å². The normalized spacial score (nSPS) is 11.8. The van der Waals surface area contributed by atoms with E-state index in [1.165, 1.54) is 0 Å². The van der Waals surface area contributed by atoms with Crippen LogP contribution in [-0.2, 0) is 12.8 Å². The van der Waals surface area contributed by atoms with Crippen LogP contribution in [0.25, 0.3) is 0 Å². The van der Waals surface area contributed by atoms with Crippen molar-refractivity contribution in [3.63, 3.8) is 0 Å². The lowest BCUT2D eigenvalue weighted by molar-refractivity contribution is -0.127. The summed E-state index contributed by atoms with van der Waals surface area (Å²) in [7, 11) is 0. The van der Waals surface area contributed by atoms with E-state index in [4.69, 9.17) is 11.6 Å². The van der Waals surface area contributed by atoms with Crippen molar-refractivity contribution in [1.29, 1.82) is 0 Å². The maximum Gasteiger partial charge on any atom is 0.393 e. The summed E-state index contributed by atoms with van der Waals surface area (Å²) in [4.78, 5) is 7.48. The fourth-order valence-corrected chi connectivity index (χ4v) is 1.14. The third-order valence-corrected chi connectivity index (χ3v) is 1.90. The van der Waals surface area contributed by atoms with Gasteiger partial charge in [-0.15, -0.1) is 0 Å². The molecule has 0 amide bonds. The van der Waals surface area contributed by atoms with Crippen LogP contribution in [0.1, 0.15) is 18.3 Å². The third kappa shape index (κ3) is 3.14. The van der Waals surface area contributed by atoms with Crippen molar-refractivity contribution in [3.05, 3.63) is 22.7 Å². The summed E-state index contributed by atoms with van der Waals surface area (Å²) in [5, 5.41) is -0.117. The molecule has 0 aliphatic carbocycles. The number of hydrogen-bond acceptors (Lipinski definition) is 2. The van der Waals surface area contributed by atoms with E-state index >= 15 is 0 Å². The molecule has 1 aromatic rings. The zero-order valence-corrected chi connectivity index (χ0v) is 8.15. The second-order valence-corrected chi connectivity index (χ2v) is 3.11. The Hall–Kier alpha value is -0.840. The van der Waals surface area contributed by atoms with Crippen LogP contribution in [0.15, 0.2) is 6.20 Å². The van der Waals surface area contributed by atoms with E-state index in [-0.39, 0.29) is 10.7 Å². The molecule has 0 saturated carbocycles. The average Bonchev–Trinajstić information content (AvgIpc) is 2.06. The summed E-state index contributed by atoms with van der Waals surface area (Å²) in [6, 6.07) is 0. The van der Waals surface area contributed by atoms with Gasteiger partial charge in [0.05, 0.1) is 6.42 Å². The Morgan fingerprint density at radius 3 is 2.50 bits per heavy atom. The molecule has 1 heterocycles. The van der Waals surface area contributed by atoms with E-state index in [0.717, 1.165) is 6.20 Å². The summed E-state index contributed by atoms with van der Waals surface area (Å²) in [5.41, 5.74) is -0.0867. The summed E-state index contributed by atoms with van der Waals surface area (Å²) in [6.45, 7) is 1.80. The van der Waals surface area contributed by atoms with Gasteiger partial charge in [-0.1, -0.05) is 18.5 Å². The van der Waals surface area contributed by atoms with Gasteiger partial charge in [0.1, 0.15) is 11.0 Å². The van der Waals surface area contributed by atoms with Gasteiger partial charge in [-0.05, 0) is 0 Å². The van der Waals surface area contributed by atoms with Gasteiger partial charge in [-0.2, -0.15) is 13.2 Å². The highest BCUT2D eigenvalue weighted by Crippen LogP contribution is 2.24. The van der Waals surface area contributed by atoms with Crippen molar-refractivity contribution >= 4 is 11.6 Å². The number of hydrogen-bond donors (Lipinski definition) is 0. The second kappa shape index (κ2) is 4.13. The number of halogens is 4. The molecular weight excluding hydrogens is 217 g/mol. The van der Waals surface area contributed by atoms with Gasteiger partial charge in [0.15, 0.2) is 0 Å². The van der Waals surface area contributed by atoms with Crippen LogP contribution in [0.4, 0.5) is 13.2 Å². The third-order valence-electron chi connectivity index (χ3n) is 1.57. The van der Waals surface area contributed by atoms with E-state index < -0.39 is 12.6 Å². The maximum atomic E-state index is 12.0. The Kier molecular flexibility index (Phi) is 3.31. The number of aromatic nitrogens is 2. The van der Waals surface area contributed by atoms with Crippen molar-refractivity contribution in [3.8, 4) is 0 Å². The monoisotopic (exact) mass is 224 g/mol. The lowest BCUT2D eigenvalue weighted by Crippen LogP contribution is -2.13. The first-order valence-corrected chi connectivity index (χ1v) is 4.37. The van der Waals surface area contributed by atoms with Gasteiger partial charge < -0.3 is 0 Å². The molecule has 0 fully saturated rings. The van der Waals surface area contributed by atoms with Gasteiger partial charge in [-0.25, -0.2) is 9.97 Å². The van der Waals surface area contributed by atoms with Crippen molar-refractivity contribution in [2.75, 3.05) is 0 Å². The van der Waals surface area contributed by atoms with E-state index in [9.17, 15) is 13.2 Å². The van der Waals surface area contributed by atoms with Crippen LogP contribution >= 0.6 is 11.6 Å². The van der Waals surface area contributed by atoms with E-state index in [0.29, 0.717) is 12.2 Å². The number of aryl methyl sites for hydroxylation is 1. The number of nitrogens with zero attached hydrogens (tertiary/aromatic N) is 2. The van der Waals surface area contributed by atoms with Gasteiger partial charge in [0.2, 0.25) is 0 Å². The predicted octanol–water partition coefficient (Wildman–Crippen LogP) is 2.80. The van der Waals surface area contributed by atoms with Crippen molar-refractivity contribution < 1.29 is 13.2 Å². The maximum absolute atomic E-state index is 12.0. The smallest absolute Gasteiger partial charge is 0.241 e. The fraction of sp³-hybridized carbons (Fsp3) is 0.500. The molecule has 0 atom stereocenters. The molecule has 0 saturated heterocycles. The van der Waals surface area contributed by atoms with Crippen LogP contribution in [0.2, 0.25) is 5.15 Å². The van der Waals surface area contributed by atoms with Gasteiger partial charge in [0.25, 0.3) is 0 Å². The van der Waals surface area contributed by atoms with Crippen LogP contribution < -0.4 is 0 Å². The quantitative estimate of drug-likeness (QED) is 0.722. The molecule has 0 spiro atoms. The zero-order chi connectivity index (χ0) is 10.8. The molecule has 1 aromatic heterocycles. The predicted molar refractivity (Wildman–Crippen MR) is 46.2 cm³/mol. The average molecular weight is 225 g/mol. The number of rotatable bonds is 2. The van der Waals surface area contributed by atoms with Crippen LogP contribution in [0.5, 0.6) is 0 Å². The second-order valence-electron chi connectivity index (χ2n) is 2.75. The van der Waals surface area contributed by atoms with Crippen molar-refractivity contribution in [2.45, 2.75) is 25.9 Å². The molecule has 0 bridgehead atoms. The van der Waals surface area contributed by atoms with Crippen LogP contribution in [0.3, 0.4) is 0 Å². The first-order chi connectivity index (χ1) is 6.42. The first-order valence-electron chi connectivity index (χ1n) is 3.99. The Bertz CT molecular complexity index is 325. The topological polar surface area (TPSA) is 25.8 Å². The molecule has 0 aliphatic rings. The number of alkyl halides is 3. The highest BCUT2D eigenvalue weighted by Gasteiger charge is 2.29. The Labute approximate surface area is 84.1 Å². The molecule has 0 N–H and O–H groups in total.